The topological polar surface area (TPSA) is 91.5 Å². The van der Waals surface area contributed by atoms with Gasteiger partial charge >= 0.3 is 0 Å². The molecule has 0 spiro atoms. The first-order valence-electron chi connectivity index (χ1n) is 13.9. The number of aromatic nitrogens is 4. The lowest BCUT2D eigenvalue weighted by molar-refractivity contribution is -0.129. The van der Waals surface area contributed by atoms with Crippen LogP contribution in [0.4, 0.5) is 8.78 Å². The van der Waals surface area contributed by atoms with Crippen LogP contribution in [0.3, 0.4) is 0 Å². The number of nitrogens with zero attached hydrogens (tertiary/aromatic N) is 5. The van der Waals surface area contributed by atoms with Gasteiger partial charge in [0, 0.05) is 66.3 Å². The molecule has 0 fully saturated rings. The number of ether oxygens (including phenoxy) is 2. The van der Waals surface area contributed by atoms with Crippen molar-refractivity contribution in [3.05, 3.63) is 88.3 Å². The summed E-state index contributed by atoms with van der Waals surface area (Å²) < 4.78 is 45.4. The highest BCUT2D eigenvalue weighted by Crippen LogP contribution is 2.47. The molecule has 1 aromatic carbocycles. The van der Waals surface area contributed by atoms with Crippen LogP contribution in [-0.2, 0) is 23.1 Å². The number of aryl methyl sites for hydroxylation is 1. The van der Waals surface area contributed by atoms with E-state index in [1.54, 1.807) is 24.2 Å². The number of amides is 1. The molecule has 0 bridgehead atoms. The molecule has 1 aliphatic rings. The molecule has 1 aliphatic heterocycles. The van der Waals surface area contributed by atoms with E-state index in [0.29, 0.717) is 51.4 Å². The molecule has 0 aliphatic carbocycles. The molecule has 0 saturated carbocycles. The number of fused-ring (bicyclic) bond motifs is 2. The quantitative estimate of drug-likeness (QED) is 0.167. The number of hydrogen-bond donors (Lipinski definition) is 0. The molecular weight excluding hydrogens is 588 g/mol. The molecule has 1 amide bonds. The van der Waals surface area contributed by atoms with Gasteiger partial charge in [0.1, 0.15) is 35.4 Å². The highest BCUT2D eigenvalue weighted by atomic mass is 32.1. The third-order valence-corrected chi connectivity index (χ3v) is 8.69. The molecule has 5 aromatic rings. The maximum atomic E-state index is 15.9. The minimum Gasteiger partial charge on any atom is -0.490 e. The average Bonchev–Trinajstić information content (AvgIpc) is 3.66. The van der Waals surface area contributed by atoms with Gasteiger partial charge in [-0.2, -0.15) is 5.10 Å². The van der Waals surface area contributed by atoms with Crippen LogP contribution < -0.4 is 10.3 Å². The van der Waals surface area contributed by atoms with Crippen molar-refractivity contribution in [3.8, 4) is 39.5 Å². The number of rotatable bonds is 8. The maximum absolute atomic E-state index is 15.9. The molecule has 4 aromatic heterocycles. The Morgan fingerprint density at radius 3 is 2.70 bits per heavy atom. The smallest absolute Gasteiger partial charge is 0.250 e. The van der Waals surface area contributed by atoms with Gasteiger partial charge in [0.05, 0.1) is 36.1 Å². The Balaban J connectivity index is 1.65. The van der Waals surface area contributed by atoms with Gasteiger partial charge in [0.2, 0.25) is 5.91 Å². The van der Waals surface area contributed by atoms with E-state index in [-0.39, 0.29) is 42.0 Å². The van der Waals surface area contributed by atoms with Crippen LogP contribution in [-0.4, -0.2) is 57.0 Å². The van der Waals surface area contributed by atoms with E-state index >= 15 is 4.39 Å². The van der Waals surface area contributed by atoms with Crippen molar-refractivity contribution >= 4 is 27.3 Å². The van der Waals surface area contributed by atoms with E-state index in [0.717, 1.165) is 17.8 Å². The third-order valence-electron chi connectivity index (χ3n) is 7.76. The molecule has 0 radical (unpaired) electrons. The van der Waals surface area contributed by atoms with Crippen LogP contribution in [0, 0.1) is 11.6 Å². The largest absolute Gasteiger partial charge is 0.490 e. The van der Waals surface area contributed by atoms with Crippen molar-refractivity contribution in [2.75, 3.05) is 26.9 Å². The number of pyridine rings is 2. The summed E-state index contributed by atoms with van der Waals surface area (Å²) in [7, 11) is 3.17. The Kier molecular flexibility index (Phi) is 7.87. The van der Waals surface area contributed by atoms with Gasteiger partial charge in [0.25, 0.3) is 5.56 Å². The highest BCUT2D eigenvalue weighted by molar-refractivity contribution is 7.18. The first kappa shape index (κ1) is 29.4. The molecule has 226 valence electrons. The molecule has 12 heteroatoms. The van der Waals surface area contributed by atoms with Gasteiger partial charge in [-0.05, 0) is 36.6 Å². The zero-order chi connectivity index (χ0) is 31.1. The van der Waals surface area contributed by atoms with Crippen LogP contribution in [0.15, 0.2) is 65.4 Å². The highest BCUT2D eigenvalue weighted by Gasteiger charge is 2.31. The van der Waals surface area contributed by atoms with E-state index in [9.17, 15) is 14.0 Å². The van der Waals surface area contributed by atoms with Crippen LogP contribution in [0.5, 0.6) is 5.75 Å². The lowest BCUT2D eigenvalue weighted by atomic mass is 9.96. The van der Waals surface area contributed by atoms with Gasteiger partial charge in [-0.15, -0.1) is 11.3 Å². The summed E-state index contributed by atoms with van der Waals surface area (Å²) in [6.07, 6.45) is 2.95. The van der Waals surface area contributed by atoms with Gasteiger partial charge in [-0.1, -0.05) is 6.58 Å². The molecule has 9 nitrogen and oxygen atoms in total. The van der Waals surface area contributed by atoms with Gasteiger partial charge in [0.15, 0.2) is 0 Å². The number of methoxy groups -OCH3 is 1. The van der Waals surface area contributed by atoms with E-state index in [4.69, 9.17) is 19.6 Å². The predicted molar refractivity (Wildman–Crippen MR) is 165 cm³/mol. The Bertz CT molecular complexity index is 1980. The minimum absolute atomic E-state index is 0.00118. The Morgan fingerprint density at radius 2 is 1.95 bits per heavy atom. The number of thiophene rings is 1. The minimum atomic E-state index is -0.823. The van der Waals surface area contributed by atoms with Crippen LogP contribution in [0.1, 0.15) is 18.7 Å². The Labute approximate surface area is 255 Å². The summed E-state index contributed by atoms with van der Waals surface area (Å²) in [6.45, 7) is 6.68. The van der Waals surface area contributed by atoms with Crippen LogP contribution in [0.25, 0.3) is 43.9 Å². The van der Waals surface area contributed by atoms with Crippen molar-refractivity contribution in [1.82, 2.24) is 24.2 Å². The lowest BCUT2D eigenvalue weighted by Crippen LogP contribution is -2.40. The molecule has 0 saturated heterocycles. The summed E-state index contributed by atoms with van der Waals surface area (Å²) >= 11 is 1.36. The van der Waals surface area contributed by atoms with Crippen molar-refractivity contribution in [3.63, 3.8) is 0 Å². The number of carbonyl (C=O) groups is 1. The first-order chi connectivity index (χ1) is 21.2. The fraction of sp³-hybridized carbons (Fsp3) is 0.250. The summed E-state index contributed by atoms with van der Waals surface area (Å²) in [6, 6.07) is 8.64. The Hall–Kier alpha value is -4.68. The molecule has 1 atom stereocenters. The SMILES string of the molecule is C=CC(=O)N1CCn2nc(-c3nc(-c4ccn(C)c(=O)c4)c4ccsc4c3-c3c(F)cc(F)cc3OCCOC)cc2C1C. The van der Waals surface area contributed by atoms with Crippen molar-refractivity contribution in [1.29, 1.82) is 0 Å². The Morgan fingerprint density at radius 1 is 1.14 bits per heavy atom. The maximum Gasteiger partial charge on any atom is 0.250 e. The molecular formula is C32H29F2N5O4S. The normalized spacial score (nSPS) is 14.6. The second-order valence-electron chi connectivity index (χ2n) is 10.4. The summed E-state index contributed by atoms with van der Waals surface area (Å²) in [5.74, 6) is -1.80. The number of carbonyl (C=O) groups excluding carboxylic acids is 1. The van der Waals surface area contributed by atoms with Crippen molar-refractivity contribution < 1.29 is 23.0 Å². The molecule has 0 N–H and O–H groups in total. The van der Waals surface area contributed by atoms with Crippen molar-refractivity contribution in [2.24, 2.45) is 7.05 Å². The third kappa shape index (κ3) is 5.09. The monoisotopic (exact) mass is 617 g/mol. The fourth-order valence-electron chi connectivity index (χ4n) is 5.54. The molecule has 44 heavy (non-hydrogen) atoms. The fourth-order valence-corrected chi connectivity index (χ4v) is 6.48. The van der Waals surface area contributed by atoms with Gasteiger partial charge < -0.3 is 18.9 Å². The van der Waals surface area contributed by atoms with Gasteiger partial charge in [-0.3, -0.25) is 14.3 Å². The summed E-state index contributed by atoms with van der Waals surface area (Å²) in [5.41, 5.74) is 2.84. The van der Waals surface area contributed by atoms with Crippen LogP contribution >= 0.6 is 11.3 Å². The second-order valence-corrected chi connectivity index (χ2v) is 11.3. The number of benzene rings is 1. The zero-order valence-electron chi connectivity index (χ0n) is 24.3. The lowest BCUT2D eigenvalue weighted by Gasteiger charge is -2.33. The zero-order valence-corrected chi connectivity index (χ0v) is 25.2. The van der Waals surface area contributed by atoms with E-state index in [2.05, 4.69) is 6.58 Å². The predicted octanol–water partition coefficient (Wildman–Crippen LogP) is 5.59. The number of hydrogen-bond acceptors (Lipinski definition) is 7. The molecule has 6 rings (SSSR count). The summed E-state index contributed by atoms with van der Waals surface area (Å²) in [4.78, 5) is 31.9. The average molecular weight is 618 g/mol. The first-order valence-corrected chi connectivity index (χ1v) is 14.8. The second kappa shape index (κ2) is 11.8. The van der Waals surface area contributed by atoms with Crippen molar-refractivity contribution in [2.45, 2.75) is 19.5 Å². The molecule has 5 heterocycles. The van der Waals surface area contributed by atoms with E-state index < -0.39 is 11.6 Å². The van der Waals surface area contributed by atoms with Gasteiger partial charge in [-0.25, -0.2) is 13.8 Å². The van der Waals surface area contributed by atoms with E-state index in [1.807, 2.05) is 29.1 Å². The number of halogens is 2. The summed E-state index contributed by atoms with van der Waals surface area (Å²) in [5, 5.41) is 7.40. The van der Waals surface area contributed by atoms with Crippen LogP contribution in [0.2, 0.25) is 0 Å². The standard InChI is InChI=1S/C32H29F2N5O4S/c1-5-26(40)38-9-10-39-24(18(38)2)17-23(36-39)31-29(28-22(34)15-20(33)16-25(28)43-12-11-42-4)32-21(7-13-44-32)30(35-31)19-6-8-37(3)27(41)14-19/h5-8,13-18H,1,9-12H2,2-4H3. The van der Waals surface area contributed by atoms with E-state index in [1.165, 1.54) is 35.2 Å². The molecule has 1 unspecified atom stereocenters.